The van der Waals surface area contributed by atoms with E-state index in [-0.39, 0.29) is 11.6 Å². The van der Waals surface area contributed by atoms with Crippen LogP contribution in [0.25, 0.3) is 10.9 Å². The fourth-order valence-electron chi connectivity index (χ4n) is 3.19. The Kier molecular flexibility index (Phi) is 5.79. The largest absolute Gasteiger partial charge is 0.365 e. The normalized spacial score (nSPS) is 12.3. The number of hydrogen-bond acceptors (Lipinski definition) is 6. The number of carbonyl (C=O) groups is 1. The first-order valence-corrected chi connectivity index (χ1v) is 9.32. The molecule has 3 aromatic rings. The third-order valence-corrected chi connectivity index (χ3v) is 4.53. The van der Waals surface area contributed by atoms with Crippen molar-refractivity contribution in [3.05, 3.63) is 42.2 Å². The Bertz CT molecular complexity index is 980. The zero-order valence-corrected chi connectivity index (χ0v) is 16.4. The highest BCUT2D eigenvalue weighted by molar-refractivity contribution is 6.00. The van der Waals surface area contributed by atoms with E-state index in [1.165, 1.54) is 6.20 Å². The molecule has 28 heavy (non-hydrogen) atoms. The predicted octanol–water partition coefficient (Wildman–Crippen LogP) is 2.60. The molecule has 8 heteroatoms. The summed E-state index contributed by atoms with van der Waals surface area (Å²) in [5.74, 6) is 0.676. The van der Waals surface area contributed by atoms with Crippen LogP contribution in [0.1, 0.15) is 30.6 Å². The molecule has 2 aromatic heterocycles. The maximum absolute atomic E-state index is 11.8. The van der Waals surface area contributed by atoms with Gasteiger partial charge < -0.3 is 26.7 Å². The zero-order valence-electron chi connectivity index (χ0n) is 16.4. The van der Waals surface area contributed by atoms with E-state index in [9.17, 15) is 4.79 Å². The number of nitrogens with zero attached hydrogens (tertiary/aromatic N) is 3. The molecule has 0 saturated carbocycles. The number of amides is 1. The first-order valence-electron chi connectivity index (χ1n) is 9.32. The number of primary amides is 1. The summed E-state index contributed by atoms with van der Waals surface area (Å²) in [6, 6.07) is 7.90. The summed E-state index contributed by atoms with van der Waals surface area (Å²) < 4.78 is 2.03. The number of fused-ring (bicyclic) bond motifs is 1. The number of hydrogen-bond donors (Lipinski definition) is 4. The maximum Gasteiger partial charge on any atom is 0.254 e. The fourth-order valence-corrected chi connectivity index (χ4v) is 3.19. The number of anilines is 3. The lowest BCUT2D eigenvalue weighted by Gasteiger charge is -2.16. The van der Waals surface area contributed by atoms with Crippen molar-refractivity contribution in [3.63, 3.8) is 0 Å². The summed E-state index contributed by atoms with van der Waals surface area (Å²) in [6.07, 6.45) is 4.31. The molecule has 1 amide bonds. The molecule has 0 radical (unpaired) electrons. The van der Waals surface area contributed by atoms with Crippen LogP contribution in [0.5, 0.6) is 0 Å². The molecule has 0 aliphatic carbocycles. The van der Waals surface area contributed by atoms with E-state index in [2.05, 4.69) is 34.4 Å². The van der Waals surface area contributed by atoms with Crippen molar-refractivity contribution in [2.24, 2.45) is 24.4 Å². The first-order chi connectivity index (χ1) is 13.3. The highest BCUT2D eigenvalue weighted by Gasteiger charge is 2.15. The van der Waals surface area contributed by atoms with E-state index in [1.807, 2.05) is 42.1 Å². The summed E-state index contributed by atoms with van der Waals surface area (Å²) in [5.41, 5.74) is 13.8. The minimum Gasteiger partial charge on any atom is -0.365 e. The summed E-state index contributed by atoms with van der Waals surface area (Å²) in [7, 11) is 1.98. The quantitative estimate of drug-likeness (QED) is 0.475. The van der Waals surface area contributed by atoms with Crippen LogP contribution in [0.4, 0.5) is 17.5 Å². The topological polar surface area (TPSA) is 124 Å². The molecule has 1 aromatic carbocycles. The van der Waals surface area contributed by atoms with E-state index >= 15 is 0 Å². The van der Waals surface area contributed by atoms with Gasteiger partial charge in [-0.05, 0) is 30.5 Å². The van der Waals surface area contributed by atoms with Crippen LogP contribution in [0.15, 0.2) is 36.7 Å². The van der Waals surface area contributed by atoms with Crippen molar-refractivity contribution in [1.82, 2.24) is 14.5 Å². The molecule has 3 rings (SSSR count). The number of nitrogens with one attached hydrogen (secondary N) is 2. The Hall–Kier alpha value is -3.13. The third kappa shape index (κ3) is 4.40. The number of benzene rings is 1. The average molecular weight is 381 g/mol. The van der Waals surface area contributed by atoms with Gasteiger partial charge in [-0.15, -0.1) is 0 Å². The van der Waals surface area contributed by atoms with Crippen molar-refractivity contribution in [3.8, 4) is 0 Å². The number of carbonyl (C=O) groups excluding carboxylic acids is 1. The lowest BCUT2D eigenvalue weighted by atomic mass is 10.0. The Balaban J connectivity index is 1.86. The highest BCUT2D eigenvalue weighted by Crippen LogP contribution is 2.27. The fraction of sp³-hybridized carbons (Fsp3) is 0.350. The molecule has 0 unspecified atom stereocenters. The minimum absolute atomic E-state index is 0.00565. The summed E-state index contributed by atoms with van der Waals surface area (Å²) in [6.45, 7) is 4.80. The molecule has 8 nitrogen and oxygen atoms in total. The van der Waals surface area contributed by atoms with Gasteiger partial charge in [-0.1, -0.05) is 19.9 Å². The molecule has 0 fully saturated rings. The monoisotopic (exact) mass is 381 g/mol. The van der Waals surface area contributed by atoms with Gasteiger partial charge in [0.2, 0.25) is 5.95 Å². The number of rotatable bonds is 8. The molecule has 2 heterocycles. The number of aromatic nitrogens is 3. The molecule has 0 bridgehead atoms. The lowest BCUT2D eigenvalue weighted by molar-refractivity contribution is 0.100. The highest BCUT2D eigenvalue weighted by atomic mass is 16.1. The second-order valence-electron chi connectivity index (χ2n) is 7.38. The molecule has 6 N–H and O–H groups in total. The van der Waals surface area contributed by atoms with Crippen LogP contribution in [-0.4, -0.2) is 33.0 Å². The predicted molar refractivity (Wildman–Crippen MR) is 113 cm³/mol. The average Bonchev–Trinajstić information content (AvgIpc) is 3.02. The lowest BCUT2D eigenvalue weighted by Crippen LogP contribution is -2.31. The summed E-state index contributed by atoms with van der Waals surface area (Å²) >= 11 is 0. The molecule has 0 aliphatic heterocycles. The summed E-state index contributed by atoms with van der Waals surface area (Å²) in [5, 5.41) is 7.39. The smallest absolute Gasteiger partial charge is 0.254 e. The van der Waals surface area contributed by atoms with Gasteiger partial charge in [-0.25, -0.2) is 4.98 Å². The second kappa shape index (κ2) is 8.26. The third-order valence-electron chi connectivity index (χ3n) is 4.53. The summed E-state index contributed by atoms with van der Waals surface area (Å²) in [4.78, 5) is 20.5. The standard InChI is InChI=1S/C20H27N7O/c1-12(2)9-13(21)10-23-20-24-11-15(18(22)28)19(26-20)25-16-5-4-6-17-14(16)7-8-27(17)3/h4-8,11-13H,9-10,21H2,1-3H3,(H2,22,28)(H2,23,24,25,26)/t13-/m0/s1. The van der Waals surface area contributed by atoms with Gasteiger partial charge in [-0.2, -0.15) is 4.98 Å². The second-order valence-corrected chi connectivity index (χ2v) is 7.38. The van der Waals surface area contributed by atoms with Crippen LogP contribution < -0.4 is 22.1 Å². The van der Waals surface area contributed by atoms with Crippen LogP contribution >= 0.6 is 0 Å². The van der Waals surface area contributed by atoms with Gasteiger partial charge in [0.05, 0.1) is 0 Å². The van der Waals surface area contributed by atoms with Gasteiger partial charge in [-0.3, -0.25) is 4.79 Å². The van der Waals surface area contributed by atoms with E-state index < -0.39 is 5.91 Å². The van der Waals surface area contributed by atoms with E-state index in [0.29, 0.717) is 24.2 Å². The molecule has 148 valence electrons. The van der Waals surface area contributed by atoms with Crippen molar-refractivity contribution in [2.75, 3.05) is 17.2 Å². The van der Waals surface area contributed by atoms with E-state index in [0.717, 1.165) is 23.0 Å². The molecule has 1 atom stereocenters. The SMILES string of the molecule is CC(C)C[C@H](N)CNc1ncc(C(N)=O)c(Nc2cccc3c2ccn3C)n1. The van der Waals surface area contributed by atoms with Crippen LogP contribution in [0.2, 0.25) is 0 Å². The van der Waals surface area contributed by atoms with Crippen LogP contribution in [-0.2, 0) is 7.05 Å². The Labute approximate surface area is 164 Å². The Morgan fingerprint density at radius 1 is 1.29 bits per heavy atom. The Morgan fingerprint density at radius 3 is 2.79 bits per heavy atom. The van der Waals surface area contributed by atoms with E-state index in [1.54, 1.807) is 0 Å². The molecular weight excluding hydrogens is 354 g/mol. The Morgan fingerprint density at radius 2 is 2.07 bits per heavy atom. The van der Waals surface area contributed by atoms with Crippen molar-refractivity contribution < 1.29 is 4.79 Å². The molecule has 0 spiro atoms. The zero-order chi connectivity index (χ0) is 20.3. The van der Waals surface area contributed by atoms with Gasteiger partial charge in [0.25, 0.3) is 5.91 Å². The van der Waals surface area contributed by atoms with E-state index in [4.69, 9.17) is 11.5 Å². The van der Waals surface area contributed by atoms with Crippen LogP contribution in [0.3, 0.4) is 0 Å². The number of aryl methyl sites for hydroxylation is 1. The van der Waals surface area contributed by atoms with Gasteiger partial charge in [0.15, 0.2) is 0 Å². The molecular formula is C20H27N7O. The first kappa shape index (κ1) is 19.6. The van der Waals surface area contributed by atoms with Gasteiger partial charge in [0.1, 0.15) is 11.4 Å². The molecule has 0 saturated heterocycles. The van der Waals surface area contributed by atoms with Crippen molar-refractivity contribution >= 4 is 34.3 Å². The van der Waals surface area contributed by atoms with Gasteiger partial charge in [0, 0.05) is 48.6 Å². The van der Waals surface area contributed by atoms with Crippen molar-refractivity contribution in [2.45, 2.75) is 26.3 Å². The van der Waals surface area contributed by atoms with Crippen molar-refractivity contribution in [1.29, 1.82) is 0 Å². The van der Waals surface area contributed by atoms with Gasteiger partial charge >= 0.3 is 0 Å². The maximum atomic E-state index is 11.8. The molecule has 0 aliphatic rings. The minimum atomic E-state index is -0.592. The van der Waals surface area contributed by atoms with Crippen LogP contribution in [0, 0.1) is 5.92 Å². The number of nitrogens with two attached hydrogens (primary N) is 2.